The molecule has 1 aliphatic heterocycles. The van der Waals surface area contributed by atoms with Gasteiger partial charge in [-0.3, -0.25) is 4.79 Å². The molecular weight excluding hydrogens is 293 g/mol. The number of hydrogen-bond acceptors (Lipinski definition) is 1. The van der Waals surface area contributed by atoms with Crippen LogP contribution in [0.1, 0.15) is 27.6 Å². The zero-order valence-corrected chi connectivity index (χ0v) is 12.4. The lowest BCUT2D eigenvalue weighted by molar-refractivity contribution is -0.115. The van der Waals surface area contributed by atoms with Gasteiger partial charge in [-0.05, 0) is 41.3 Å². The number of aryl methyl sites for hydroxylation is 1. The average Bonchev–Trinajstić information content (AvgIpc) is 2.80. The number of benzene rings is 2. The van der Waals surface area contributed by atoms with Crippen molar-refractivity contribution in [2.24, 2.45) is 0 Å². The number of fused-ring (bicyclic) bond motifs is 1. The quantitative estimate of drug-likeness (QED) is 0.815. The van der Waals surface area contributed by atoms with Gasteiger partial charge in [-0.2, -0.15) is 0 Å². The van der Waals surface area contributed by atoms with Crippen molar-refractivity contribution in [1.29, 1.82) is 0 Å². The van der Waals surface area contributed by atoms with Crippen LogP contribution in [0.15, 0.2) is 36.4 Å². The number of hydrogen-bond donors (Lipinski definition) is 1. The van der Waals surface area contributed by atoms with Crippen LogP contribution in [-0.2, 0) is 11.2 Å². The highest BCUT2D eigenvalue weighted by Gasteiger charge is 2.20. The maximum atomic E-state index is 11.4. The maximum Gasteiger partial charge on any atom is 0.228 e. The minimum Gasteiger partial charge on any atom is -0.326 e. The van der Waals surface area contributed by atoms with E-state index in [2.05, 4.69) is 5.32 Å². The summed E-state index contributed by atoms with van der Waals surface area (Å²) in [7, 11) is 0. The highest BCUT2D eigenvalue weighted by atomic mass is 35.5. The first-order valence-electron chi connectivity index (χ1n) is 6.37. The first-order valence-corrected chi connectivity index (χ1v) is 7.19. The highest BCUT2D eigenvalue weighted by molar-refractivity contribution is 6.31. The predicted molar refractivity (Wildman–Crippen MR) is 82.7 cm³/mol. The fraction of sp³-hybridized carbons (Fsp3) is 0.188. The molecule has 2 aromatic rings. The van der Waals surface area contributed by atoms with E-state index in [1.807, 2.05) is 43.3 Å². The number of alkyl halides is 1. The van der Waals surface area contributed by atoms with Gasteiger partial charge in [0.2, 0.25) is 5.91 Å². The number of anilines is 1. The van der Waals surface area contributed by atoms with Crippen LogP contribution in [-0.4, -0.2) is 5.91 Å². The van der Waals surface area contributed by atoms with Gasteiger partial charge in [0.25, 0.3) is 0 Å². The van der Waals surface area contributed by atoms with Crippen molar-refractivity contribution < 1.29 is 4.79 Å². The van der Waals surface area contributed by atoms with Gasteiger partial charge >= 0.3 is 0 Å². The largest absolute Gasteiger partial charge is 0.326 e. The summed E-state index contributed by atoms with van der Waals surface area (Å²) in [6, 6.07) is 11.6. The summed E-state index contributed by atoms with van der Waals surface area (Å²) in [5.74, 6) is 0.0330. The van der Waals surface area contributed by atoms with Gasteiger partial charge in [-0.25, -0.2) is 0 Å². The van der Waals surface area contributed by atoms with Crippen LogP contribution in [0.5, 0.6) is 0 Å². The second-order valence-corrected chi connectivity index (χ2v) is 5.86. The number of carbonyl (C=O) groups excluding carboxylic acids is 1. The first kappa shape index (κ1) is 13.5. The van der Waals surface area contributed by atoms with E-state index < -0.39 is 0 Å². The second-order valence-electron chi connectivity index (χ2n) is 5.01. The number of halogens is 2. The van der Waals surface area contributed by atoms with E-state index in [1.54, 1.807) is 0 Å². The normalized spacial score (nSPS) is 14.8. The molecule has 3 rings (SSSR count). The van der Waals surface area contributed by atoms with Crippen LogP contribution in [0, 0.1) is 6.92 Å². The van der Waals surface area contributed by atoms with Gasteiger partial charge in [0.15, 0.2) is 0 Å². The minimum absolute atomic E-state index is 0.0330. The Morgan fingerprint density at radius 2 is 1.85 bits per heavy atom. The summed E-state index contributed by atoms with van der Waals surface area (Å²) in [5, 5.41) is 3.31. The molecule has 0 aromatic heterocycles. The van der Waals surface area contributed by atoms with Gasteiger partial charge in [0.1, 0.15) is 0 Å². The van der Waals surface area contributed by atoms with Crippen molar-refractivity contribution in [2.45, 2.75) is 18.7 Å². The van der Waals surface area contributed by atoms with Crippen LogP contribution in [0.2, 0.25) is 5.02 Å². The number of amides is 1. The highest BCUT2D eigenvalue weighted by Crippen LogP contribution is 2.34. The van der Waals surface area contributed by atoms with E-state index in [-0.39, 0.29) is 11.3 Å². The summed E-state index contributed by atoms with van der Waals surface area (Å²) < 4.78 is 0. The second kappa shape index (κ2) is 5.12. The summed E-state index contributed by atoms with van der Waals surface area (Å²) in [6.45, 7) is 1.96. The molecule has 1 unspecified atom stereocenters. The van der Waals surface area contributed by atoms with Crippen LogP contribution >= 0.6 is 23.2 Å². The standard InChI is InChI=1S/C16H13Cl2NO/c1-9-6-10(2-4-13(9)17)16(18)11-3-5-14-12(7-11)8-15(20)19-14/h2-7,16H,8H2,1H3,(H,19,20). The lowest BCUT2D eigenvalue weighted by Gasteiger charge is -2.13. The van der Waals surface area contributed by atoms with Gasteiger partial charge < -0.3 is 5.32 Å². The SMILES string of the molecule is Cc1cc(C(Cl)c2ccc3c(c2)CC(=O)N3)ccc1Cl. The Kier molecular flexibility index (Phi) is 3.45. The maximum absolute atomic E-state index is 11.4. The Bertz CT molecular complexity index is 697. The Morgan fingerprint density at radius 3 is 2.60 bits per heavy atom. The molecule has 0 saturated carbocycles. The number of rotatable bonds is 2. The average molecular weight is 306 g/mol. The summed E-state index contributed by atoms with van der Waals surface area (Å²) in [6.07, 6.45) is 0.423. The molecule has 4 heteroatoms. The molecule has 0 saturated heterocycles. The Balaban J connectivity index is 1.94. The molecule has 102 valence electrons. The number of carbonyl (C=O) groups is 1. The smallest absolute Gasteiger partial charge is 0.228 e. The minimum atomic E-state index is -0.244. The van der Waals surface area contributed by atoms with Gasteiger partial charge in [0.05, 0.1) is 11.8 Å². The Hall–Kier alpha value is -1.51. The molecule has 0 spiro atoms. The molecule has 1 heterocycles. The van der Waals surface area contributed by atoms with E-state index in [0.29, 0.717) is 6.42 Å². The molecule has 1 aliphatic rings. The van der Waals surface area contributed by atoms with Crippen molar-refractivity contribution >= 4 is 34.8 Å². The van der Waals surface area contributed by atoms with E-state index in [9.17, 15) is 4.79 Å². The first-order chi connectivity index (χ1) is 9.54. The summed E-state index contributed by atoms with van der Waals surface area (Å²) in [5.41, 5.74) is 4.89. The van der Waals surface area contributed by atoms with E-state index >= 15 is 0 Å². The number of nitrogens with one attached hydrogen (secondary N) is 1. The molecular formula is C16H13Cl2NO. The molecule has 1 N–H and O–H groups in total. The van der Waals surface area contributed by atoms with Crippen molar-refractivity contribution in [3.8, 4) is 0 Å². The fourth-order valence-electron chi connectivity index (χ4n) is 2.42. The molecule has 2 aromatic carbocycles. The van der Waals surface area contributed by atoms with Gasteiger partial charge in [-0.1, -0.05) is 35.9 Å². The van der Waals surface area contributed by atoms with E-state index in [4.69, 9.17) is 23.2 Å². The molecule has 0 bridgehead atoms. The molecule has 0 aliphatic carbocycles. The van der Waals surface area contributed by atoms with Crippen LogP contribution in [0.25, 0.3) is 0 Å². The Labute approximate surface area is 127 Å². The van der Waals surface area contributed by atoms with Crippen molar-refractivity contribution in [1.82, 2.24) is 0 Å². The molecule has 0 fully saturated rings. The summed E-state index contributed by atoms with van der Waals surface area (Å²) >= 11 is 12.6. The van der Waals surface area contributed by atoms with Crippen molar-refractivity contribution in [3.63, 3.8) is 0 Å². The van der Waals surface area contributed by atoms with E-state index in [0.717, 1.165) is 33.0 Å². The molecule has 2 nitrogen and oxygen atoms in total. The molecule has 1 amide bonds. The lowest BCUT2D eigenvalue weighted by Crippen LogP contribution is -2.03. The van der Waals surface area contributed by atoms with Gasteiger partial charge in [-0.15, -0.1) is 11.6 Å². The topological polar surface area (TPSA) is 29.1 Å². The molecule has 20 heavy (non-hydrogen) atoms. The third kappa shape index (κ3) is 2.41. The van der Waals surface area contributed by atoms with Gasteiger partial charge in [0, 0.05) is 10.7 Å². The van der Waals surface area contributed by atoms with Crippen LogP contribution < -0.4 is 5.32 Å². The molecule has 1 atom stereocenters. The van der Waals surface area contributed by atoms with E-state index in [1.165, 1.54) is 0 Å². The lowest BCUT2D eigenvalue weighted by atomic mass is 10.00. The predicted octanol–water partition coefficient (Wildman–Crippen LogP) is 4.47. The zero-order valence-electron chi connectivity index (χ0n) is 10.9. The molecule has 0 radical (unpaired) electrons. The third-order valence-corrected chi connectivity index (χ3v) is 4.45. The van der Waals surface area contributed by atoms with Crippen LogP contribution in [0.4, 0.5) is 5.69 Å². The zero-order chi connectivity index (χ0) is 14.3. The fourth-order valence-corrected chi connectivity index (χ4v) is 2.81. The van der Waals surface area contributed by atoms with Crippen molar-refractivity contribution in [2.75, 3.05) is 5.32 Å². The monoisotopic (exact) mass is 305 g/mol. The van der Waals surface area contributed by atoms with Crippen LogP contribution in [0.3, 0.4) is 0 Å². The third-order valence-electron chi connectivity index (χ3n) is 3.52. The Morgan fingerprint density at radius 1 is 1.15 bits per heavy atom. The van der Waals surface area contributed by atoms with Crippen molar-refractivity contribution in [3.05, 3.63) is 63.7 Å². The summed E-state index contributed by atoms with van der Waals surface area (Å²) in [4.78, 5) is 11.4.